The van der Waals surface area contributed by atoms with Gasteiger partial charge in [0, 0.05) is 34.6 Å². The van der Waals surface area contributed by atoms with Gasteiger partial charge in [0.15, 0.2) is 0 Å². The molecule has 9 heteroatoms. The Balaban J connectivity index is 1.34. The molecular weight excluding hydrogens is 486 g/mol. The monoisotopic (exact) mass is 507 g/mol. The van der Waals surface area contributed by atoms with Crippen LogP contribution in [0.2, 0.25) is 5.02 Å². The van der Waals surface area contributed by atoms with Crippen molar-refractivity contribution in [2.24, 2.45) is 0 Å². The molecule has 4 rings (SSSR count). The lowest BCUT2D eigenvalue weighted by Gasteiger charge is -2.15. The van der Waals surface area contributed by atoms with E-state index in [9.17, 15) is 19.2 Å². The first-order valence-electron chi connectivity index (χ1n) is 10.8. The molecule has 0 spiro atoms. The van der Waals surface area contributed by atoms with Gasteiger partial charge in [-0.05, 0) is 66.2 Å². The lowest BCUT2D eigenvalue weighted by Crippen LogP contribution is -2.31. The molecule has 0 bridgehead atoms. The maximum Gasteiger partial charge on any atom is 0.247 e. The number of carbonyl (C=O) groups excluding carboxylic acids is 4. The molecule has 1 aliphatic rings. The maximum absolute atomic E-state index is 12.9. The highest BCUT2D eigenvalue weighted by atomic mass is 35.5. The van der Waals surface area contributed by atoms with E-state index in [4.69, 9.17) is 11.6 Å². The SMILES string of the molecule is CC(=O)Nc1ccc(N2C(=O)CC(Sc3ccc(NC(=O)Cc4ccc(Cl)cc4)cc3)C2=O)cc1. The number of rotatable bonds is 7. The highest BCUT2D eigenvalue weighted by Gasteiger charge is 2.40. The Morgan fingerprint density at radius 2 is 1.51 bits per heavy atom. The van der Waals surface area contributed by atoms with Crippen LogP contribution in [-0.4, -0.2) is 28.9 Å². The van der Waals surface area contributed by atoms with Crippen molar-refractivity contribution < 1.29 is 19.2 Å². The van der Waals surface area contributed by atoms with E-state index >= 15 is 0 Å². The number of hydrogen-bond acceptors (Lipinski definition) is 5. The summed E-state index contributed by atoms with van der Waals surface area (Å²) < 4.78 is 0. The van der Waals surface area contributed by atoms with Gasteiger partial charge in [-0.2, -0.15) is 0 Å². The van der Waals surface area contributed by atoms with Crippen molar-refractivity contribution in [1.29, 1.82) is 0 Å². The minimum absolute atomic E-state index is 0.0938. The van der Waals surface area contributed by atoms with E-state index in [0.29, 0.717) is 22.1 Å². The first-order chi connectivity index (χ1) is 16.8. The minimum atomic E-state index is -0.539. The van der Waals surface area contributed by atoms with E-state index < -0.39 is 5.25 Å². The largest absolute Gasteiger partial charge is 0.326 e. The van der Waals surface area contributed by atoms with Gasteiger partial charge >= 0.3 is 0 Å². The number of thioether (sulfide) groups is 1. The Kier molecular flexibility index (Phi) is 7.53. The molecule has 0 aliphatic carbocycles. The number of benzene rings is 3. The Morgan fingerprint density at radius 3 is 2.14 bits per heavy atom. The van der Waals surface area contributed by atoms with Gasteiger partial charge in [0.2, 0.25) is 23.6 Å². The van der Waals surface area contributed by atoms with E-state index in [2.05, 4.69) is 10.6 Å². The van der Waals surface area contributed by atoms with Crippen LogP contribution >= 0.6 is 23.4 Å². The summed E-state index contributed by atoms with van der Waals surface area (Å²) in [7, 11) is 0. The summed E-state index contributed by atoms with van der Waals surface area (Å²) in [6, 6.07) is 20.8. The second-order valence-corrected chi connectivity index (χ2v) is 9.69. The second-order valence-electron chi connectivity index (χ2n) is 7.98. The third-order valence-corrected chi connectivity index (χ3v) is 6.69. The lowest BCUT2D eigenvalue weighted by atomic mass is 10.1. The Hall–Kier alpha value is -3.62. The molecular formula is C26H22ClN3O4S. The topological polar surface area (TPSA) is 95.6 Å². The standard InChI is InChI=1S/C26H22ClN3O4S/c1-16(31)28-19-6-10-21(11-7-19)30-25(33)15-23(26(30)34)35-22-12-8-20(9-13-22)29-24(32)14-17-2-4-18(27)5-3-17/h2-13,23H,14-15H2,1H3,(H,28,31)(H,29,32). The van der Waals surface area contributed by atoms with Crippen LogP contribution in [0, 0.1) is 0 Å². The summed E-state index contributed by atoms with van der Waals surface area (Å²) in [4.78, 5) is 51.0. The molecule has 1 atom stereocenters. The highest BCUT2D eigenvalue weighted by Crippen LogP contribution is 2.34. The van der Waals surface area contributed by atoms with Gasteiger partial charge in [-0.3, -0.25) is 19.2 Å². The fourth-order valence-corrected chi connectivity index (χ4v) is 4.82. The summed E-state index contributed by atoms with van der Waals surface area (Å²) in [5, 5.41) is 5.58. The summed E-state index contributed by atoms with van der Waals surface area (Å²) in [6.07, 6.45) is 0.324. The third-order valence-electron chi connectivity index (χ3n) is 5.25. The van der Waals surface area contributed by atoms with Crippen LogP contribution in [0.25, 0.3) is 0 Å². The summed E-state index contributed by atoms with van der Waals surface area (Å²) in [5.74, 6) is -0.905. The first kappa shape index (κ1) is 24.5. The molecule has 0 radical (unpaired) electrons. The average molecular weight is 508 g/mol. The average Bonchev–Trinajstić information content (AvgIpc) is 3.09. The van der Waals surface area contributed by atoms with Gasteiger partial charge in [-0.25, -0.2) is 4.90 Å². The van der Waals surface area contributed by atoms with E-state index in [0.717, 1.165) is 10.5 Å². The normalized spacial score (nSPS) is 15.3. The number of anilines is 3. The van der Waals surface area contributed by atoms with Crippen molar-refractivity contribution in [3.05, 3.63) is 83.4 Å². The molecule has 1 unspecified atom stereocenters. The van der Waals surface area contributed by atoms with Crippen molar-refractivity contribution in [3.8, 4) is 0 Å². The number of amides is 4. The molecule has 0 saturated carbocycles. The third kappa shape index (κ3) is 6.29. The zero-order valence-corrected chi connectivity index (χ0v) is 20.4. The second kappa shape index (κ2) is 10.8. The Bertz CT molecular complexity index is 1260. The van der Waals surface area contributed by atoms with E-state index in [1.54, 1.807) is 48.5 Å². The molecule has 35 heavy (non-hydrogen) atoms. The smallest absolute Gasteiger partial charge is 0.247 e. The van der Waals surface area contributed by atoms with Crippen LogP contribution in [0.1, 0.15) is 18.9 Å². The molecule has 1 heterocycles. The summed E-state index contributed by atoms with van der Waals surface area (Å²) >= 11 is 7.18. The van der Waals surface area contributed by atoms with Crippen LogP contribution in [-0.2, 0) is 25.6 Å². The van der Waals surface area contributed by atoms with E-state index in [-0.39, 0.29) is 36.5 Å². The van der Waals surface area contributed by atoms with Crippen molar-refractivity contribution in [2.45, 2.75) is 29.9 Å². The lowest BCUT2D eigenvalue weighted by molar-refractivity contribution is -0.121. The van der Waals surface area contributed by atoms with Crippen molar-refractivity contribution in [2.75, 3.05) is 15.5 Å². The van der Waals surface area contributed by atoms with Crippen molar-refractivity contribution >= 4 is 64.1 Å². The predicted molar refractivity (Wildman–Crippen MR) is 138 cm³/mol. The zero-order valence-electron chi connectivity index (χ0n) is 18.8. The fourth-order valence-electron chi connectivity index (χ4n) is 3.64. The minimum Gasteiger partial charge on any atom is -0.326 e. The van der Waals surface area contributed by atoms with Gasteiger partial charge in [0.1, 0.15) is 0 Å². The molecule has 4 amide bonds. The molecule has 2 N–H and O–H groups in total. The van der Waals surface area contributed by atoms with E-state index in [1.165, 1.54) is 23.6 Å². The molecule has 1 aliphatic heterocycles. The number of halogens is 1. The number of hydrogen-bond donors (Lipinski definition) is 2. The van der Waals surface area contributed by atoms with Crippen LogP contribution in [0.15, 0.2) is 77.7 Å². The number of nitrogens with zero attached hydrogens (tertiary/aromatic N) is 1. The van der Waals surface area contributed by atoms with Gasteiger partial charge in [-0.15, -0.1) is 11.8 Å². The van der Waals surface area contributed by atoms with Gasteiger partial charge in [-0.1, -0.05) is 23.7 Å². The zero-order chi connectivity index (χ0) is 24.9. The number of imide groups is 1. The van der Waals surface area contributed by atoms with Crippen LogP contribution in [0.4, 0.5) is 17.1 Å². The van der Waals surface area contributed by atoms with Crippen molar-refractivity contribution in [1.82, 2.24) is 0 Å². The van der Waals surface area contributed by atoms with Crippen LogP contribution < -0.4 is 15.5 Å². The van der Waals surface area contributed by atoms with Crippen molar-refractivity contribution in [3.63, 3.8) is 0 Å². The molecule has 178 valence electrons. The van der Waals surface area contributed by atoms with Gasteiger partial charge in [0.05, 0.1) is 17.4 Å². The molecule has 3 aromatic carbocycles. The Morgan fingerprint density at radius 1 is 0.914 bits per heavy atom. The Labute approximate surface area is 211 Å². The molecule has 3 aromatic rings. The first-order valence-corrected chi connectivity index (χ1v) is 12.1. The summed E-state index contributed by atoms with van der Waals surface area (Å²) in [5.41, 5.74) is 2.56. The quantitative estimate of drug-likeness (QED) is 0.443. The molecule has 7 nitrogen and oxygen atoms in total. The highest BCUT2D eigenvalue weighted by molar-refractivity contribution is 8.00. The number of carbonyl (C=O) groups is 4. The van der Waals surface area contributed by atoms with Gasteiger partial charge < -0.3 is 10.6 Å². The fraction of sp³-hybridized carbons (Fsp3) is 0.154. The predicted octanol–water partition coefficient (Wildman–Crippen LogP) is 4.90. The number of nitrogens with one attached hydrogen (secondary N) is 2. The molecule has 0 aromatic heterocycles. The van der Waals surface area contributed by atoms with Crippen LogP contribution in [0.3, 0.4) is 0 Å². The molecule has 1 fully saturated rings. The van der Waals surface area contributed by atoms with E-state index in [1.807, 2.05) is 24.3 Å². The molecule has 1 saturated heterocycles. The summed E-state index contributed by atoms with van der Waals surface area (Å²) in [6.45, 7) is 1.41. The van der Waals surface area contributed by atoms with Gasteiger partial charge in [0.25, 0.3) is 0 Å². The maximum atomic E-state index is 12.9. The van der Waals surface area contributed by atoms with Crippen LogP contribution in [0.5, 0.6) is 0 Å².